The third-order valence-electron chi connectivity index (χ3n) is 4.95. The van der Waals surface area contributed by atoms with E-state index in [0.29, 0.717) is 11.8 Å². The fourth-order valence-electron chi connectivity index (χ4n) is 3.88. The SMILES string of the molecule is CC(=O)OC1(CBr)CC=c2ccccc2=C1c1cccc2ccccc12. The van der Waals surface area contributed by atoms with Gasteiger partial charge in [-0.05, 0) is 26.8 Å². The second kappa shape index (κ2) is 6.73. The molecule has 3 aromatic rings. The summed E-state index contributed by atoms with van der Waals surface area (Å²) in [6.07, 6.45) is 2.81. The lowest BCUT2D eigenvalue weighted by Crippen LogP contribution is -2.47. The molecule has 0 N–H and O–H groups in total. The Morgan fingerprint density at radius 3 is 2.58 bits per heavy atom. The molecule has 0 saturated heterocycles. The first-order chi connectivity index (χ1) is 12.6. The van der Waals surface area contributed by atoms with Crippen molar-refractivity contribution in [2.24, 2.45) is 0 Å². The van der Waals surface area contributed by atoms with E-state index in [1.54, 1.807) is 0 Å². The molecule has 0 aliphatic heterocycles. The molecule has 0 spiro atoms. The predicted molar refractivity (Wildman–Crippen MR) is 110 cm³/mol. The van der Waals surface area contributed by atoms with Crippen LogP contribution in [-0.4, -0.2) is 16.9 Å². The van der Waals surface area contributed by atoms with Crippen LogP contribution in [0.1, 0.15) is 18.9 Å². The van der Waals surface area contributed by atoms with Crippen molar-refractivity contribution < 1.29 is 9.53 Å². The lowest BCUT2D eigenvalue weighted by molar-refractivity contribution is -0.149. The third-order valence-corrected chi connectivity index (χ3v) is 5.86. The maximum Gasteiger partial charge on any atom is 0.303 e. The summed E-state index contributed by atoms with van der Waals surface area (Å²) >= 11 is 3.63. The molecule has 130 valence electrons. The van der Waals surface area contributed by atoms with Crippen molar-refractivity contribution in [2.45, 2.75) is 18.9 Å². The minimum Gasteiger partial charge on any atom is -0.453 e. The average molecular weight is 407 g/mol. The summed E-state index contributed by atoms with van der Waals surface area (Å²) in [5.74, 6) is -0.269. The Morgan fingerprint density at radius 2 is 1.77 bits per heavy atom. The van der Waals surface area contributed by atoms with E-state index in [2.05, 4.69) is 70.5 Å². The fourth-order valence-corrected chi connectivity index (χ4v) is 4.50. The average Bonchev–Trinajstić information content (AvgIpc) is 2.67. The molecule has 0 aromatic heterocycles. The summed E-state index contributed by atoms with van der Waals surface area (Å²) in [5, 5.41) is 5.19. The van der Waals surface area contributed by atoms with E-state index in [1.807, 2.05) is 18.2 Å². The van der Waals surface area contributed by atoms with Crippen LogP contribution in [0, 0.1) is 0 Å². The molecule has 0 saturated carbocycles. The van der Waals surface area contributed by atoms with Crippen molar-refractivity contribution in [3.8, 4) is 0 Å². The Morgan fingerprint density at radius 1 is 1.04 bits per heavy atom. The highest BCUT2D eigenvalue weighted by Gasteiger charge is 2.39. The third kappa shape index (κ3) is 2.77. The van der Waals surface area contributed by atoms with Gasteiger partial charge in [0, 0.05) is 24.2 Å². The molecule has 3 heteroatoms. The molecule has 4 rings (SSSR count). The molecule has 1 atom stereocenters. The van der Waals surface area contributed by atoms with Crippen LogP contribution in [0.5, 0.6) is 0 Å². The van der Waals surface area contributed by atoms with Crippen LogP contribution >= 0.6 is 15.9 Å². The van der Waals surface area contributed by atoms with Crippen LogP contribution in [0.25, 0.3) is 22.4 Å². The number of ether oxygens (including phenoxy) is 1. The molecule has 26 heavy (non-hydrogen) atoms. The Kier molecular flexibility index (Phi) is 4.41. The van der Waals surface area contributed by atoms with Gasteiger partial charge in [0.15, 0.2) is 5.60 Å². The first-order valence-corrected chi connectivity index (χ1v) is 9.80. The van der Waals surface area contributed by atoms with Gasteiger partial charge < -0.3 is 4.74 Å². The fraction of sp³-hybridized carbons (Fsp3) is 0.174. The minimum atomic E-state index is -0.718. The predicted octanol–water partition coefficient (Wildman–Crippen LogP) is 3.92. The second-order valence-electron chi connectivity index (χ2n) is 6.62. The van der Waals surface area contributed by atoms with Crippen LogP contribution in [0.15, 0.2) is 66.7 Å². The van der Waals surface area contributed by atoms with Gasteiger partial charge in [0.2, 0.25) is 0 Å². The van der Waals surface area contributed by atoms with Gasteiger partial charge in [-0.25, -0.2) is 0 Å². The number of rotatable bonds is 3. The highest BCUT2D eigenvalue weighted by Crippen LogP contribution is 2.38. The molecule has 0 heterocycles. The molecular formula is C23H19BrO2. The molecule has 1 aliphatic carbocycles. The van der Waals surface area contributed by atoms with Gasteiger partial charge >= 0.3 is 5.97 Å². The maximum absolute atomic E-state index is 12.0. The number of alkyl halides is 1. The van der Waals surface area contributed by atoms with Crippen LogP contribution in [0.3, 0.4) is 0 Å². The molecule has 3 aromatic carbocycles. The van der Waals surface area contributed by atoms with Crippen molar-refractivity contribution in [1.82, 2.24) is 0 Å². The van der Waals surface area contributed by atoms with Gasteiger partial charge in [-0.2, -0.15) is 0 Å². The van der Waals surface area contributed by atoms with E-state index in [9.17, 15) is 4.79 Å². The number of carbonyl (C=O) groups is 1. The summed E-state index contributed by atoms with van der Waals surface area (Å²) in [6.45, 7) is 1.48. The van der Waals surface area contributed by atoms with Gasteiger partial charge in [-0.1, -0.05) is 88.7 Å². The Bertz CT molecular complexity index is 1110. The first kappa shape index (κ1) is 17.0. The first-order valence-electron chi connectivity index (χ1n) is 8.68. The smallest absolute Gasteiger partial charge is 0.303 e. The molecule has 0 bridgehead atoms. The number of hydrogen-bond acceptors (Lipinski definition) is 2. The normalized spacial score (nSPS) is 18.9. The highest BCUT2D eigenvalue weighted by molar-refractivity contribution is 9.09. The Hall–Kier alpha value is -2.39. The summed E-state index contributed by atoms with van der Waals surface area (Å²) in [7, 11) is 0. The van der Waals surface area contributed by atoms with E-state index in [-0.39, 0.29) is 5.97 Å². The van der Waals surface area contributed by atoms with Crippen LogP contribution < -0.4 is 10.4 Å². The molecule has 0 amide bonds. The minimum absolute atomic E-state index is 0.269. The summed E-state index contributed by atoms with van der Waals surface area (Å²) in [4.78, 5) is 12.0. The van der Waals surface area contributed by atoms with Crippen LogP contribution in [-0.2, 0) is 9.53 Å². The molecule has 2 nitrogen and oxygen atoms in total. The van der Waals surface area contributed by atoms with Crippen molar-refractivity contribution in [2.75, 3.05) is 5.33 Å². The molecular weight excluding hydrogens is 388 g/mol. The highest BCUT2D eigenvalue weighted by atomic mass is 79.9. The largest absolute Gasteiger partial charge is 0.453 e. The molecule has 0 radical (unpaired) electrons. The molecule has 1 unspecified atom stereocenters. The van der Waals surface area contributed by atoms with E-state index in [1.165, 1.54) is 22.9 Å². The van der Waals surface area contributed by atoms with E-state index in [4.69, 9.17) is 4.74 Å². The van der Waals surface area contributed by atoms with Crippen molar-refractivity contribution in [3.63, 3.8) is 0 Å². The van der Waals surface area contributed by atoms with E-state index in [0.717, 1.165) is 16.4 Å². The van der Waals surface area contributed by atoms with Gasteiger partial charge in [0.05, 0.1) is 0 Å². The van der Waals surface area contributed by atoms with Crippen molar-refractivity contribution >= 4 is 44.3 Å². The zero-order valence-electron chi connectivity index (χ0n) is 14.5. The summed E-state index contributed by atoms with van der Waals surface area (Å²) < 4.78 is 5.95. The summed E-state index contributed by atoms with van der Waals surface area (Å²) in [6, 6.07) is 23.0. The second-order valence-corrected chi connectivity index (χ2v) is 7.18. The zero-order valence-corrected chi connectivity index (χ0v) is 16.1. The number of halogens is 1. The number of carbonyl (C=O) groups excluding carboxylic acids is 1. The van der Waals surface area contributed by atoms with Gasteiger partial charge in [-0.3, -0.25) is 4.79 Å². The zero-order chi connectivity index (χ0) is 18.1. The van der Waals surface area contributed by atoms with Crippen molar-refractivity contribution in [1.29, 1.82) is 0 Å². The topological polar surface area (TPSA) is 26.3 Å². The number of fused-ring (bicyclic) bond motifs is 2. The lowest BCUT2D eigenvalue weighted by Gasteiger charge is -2.36. The number of hydrogen-bond donors (Lipinski definition) is 0. The van der Waals surface area contributed by atoms with Gasteiger partial charge in [0.1, 0.15) is 0 Å². The van der Waals surface area contributed by atoms with Gasteiger partial charge in [0.25, 0.3) is 0 Å². The van der Waals surface area contributed by atoms with Gasteiger partial charge in [-0.15, -0.1) is 0 Å². The quantitative estimate of drug-likeness (QED) is 0.486. The van der Waals surface area contributed by atoms with Crippen molar-refractivity contribution in [3.05, 3.63) is 82.7 Å². The Balaban J connectivity index is 2.14. The van der Waals surface area contributed by atoms with Crippen LogP contribution in [0.2, 0.25) is 0 Å². The maximum atomic E-state index is 12.0. The summed E-state index contributed by atoms with van der Waals surface area (Å²) in [5.41, 5.74) is 1.47. The lowest BCUT2D eigenvalue weighted by atomic mass is 9.80. The standard InChI is InChI=1S/C23H19BrO2/c1-16(25)26-23(15-24)14-13-18-8-3-5-11-20(18)22(23)21-12-6-9-17-7-2-4-10-19(17)21/h2-13H,14-15H2,1H3. The van der Waals surface area contributed by atoms with E-state index < -0.39 is 5.60 Å². The molecule has 1 aliphatic rings. The monoisotopic (exact) mass is 406 g/mol. The van der Waals surface area contributed by atoms with Crippen LogP contribution in [0.4, 0.5) is 0 Å². The van der Waals surface area contributed by atoms with E-state index >= 15 is 0 Å². The number of esters is 1. The number of benzene rings is 3. The molecule has 0 fully saturated rings. The Labute approximate surface area is 160 Å².